The second-order valence-corrected chi connectivity index (χ2v) is 4.12. The van der Waals surface area contributed by atoms with Crippen LogP contribution in [0.25, 0.3) is 0 Å². The highest BCUT2D eigenvalue weighted by atomic mass is 15.2. The molecule has 0 aromatic carbocycles. The van der Waals surface area contributed by atoms with Crippen LogP contribution in [-0.2, 0) is 0 Å². The van der Waals surface area contributed by atoms with Gasteiger partial charge in [0.05, 0.1) is 0 Å². The van der Waals surface area contributed by atoms with Crippen molar-refractivity contribution in [3.05, 3.63) is 6.92 Å². The molecule has 1 heterocycles. The van der Waals surface area contributed by atoms with Crippen molar-refractivity contribution in [2.45, 2.75) is 58.0 Å². The summed E-state index contributed by atoms with van der Waals surface area (Å²) in [4.78, 5) is 2.65. The van der Waals surface area contributed by atoms with Gasteiger partial charge in [-0.2, -0.15) is 0 Å². The fourth-order valence-electron chi connectivity index (χ4n) is 2.25. The van der Waals surface area contributed by atoms with Crippen molar-refractivity contribution in [3.63, 3.8) is 0 Å². The number of hydrogen-bond donors (Lipinski definition) is 0. The Balaban J connectivity index is 2.42. The molecule has 0 saturated carbocycles. The third-order valence-corrected chi connectivity index (χ3v) is 2.87. The van der Waals surface area contributed by atoms with Gasteiger partial charge in [0.2, 0.25) is 0 Å². The summed E-state index contributed by atoms with van der Waals surface area (Å²) in [5.74, 6) is 0. The standard InChI is InChI=1S/C11H22N/c1-4-7-11-8-5-6-9-12(11)10(2)3/h10-11H,1,4-9H2,2-3H3. The smallest absolute Gasteiger partial charge is 0.00979 e. The second kappa shape index (κ2) is 4.86. The van der Waals surface area contributed by atoms with E-state index >= 15 is 0 Å². The van der Waals surface area contributed by atoms with Gasteiger partial charge in [-0.05, 0) is 39.7 Å². The highest BCUT2D eigenvalue weighted by Gasteiger charge is 2.22. The van der Waals surface area contributed by atoms with Crippen LogP contribution in [-0.4, -0.2) is 23.5 Å². The van der Waals surface area contributed by atoms with Gasteiger partial charge in [0.15, 0.2) is 0 Å². The van der Waals surface area contributed by atoms with Gasteiger partial charge < -0.3 is 0 Å². The SMILES string of the molecule is [CH2]CCC1CCCCN1C(C)C. The highest BCUT2D eigenvalue weighted by molar-refractivity contribution is 4.79. The van der Waals surface area contributed by atoms with Crippen LogP contribution < -0.4 is 0 Å². The Bertz CT molecular complexity index is 118. The van der Waals surface area contributed by atoms with E-state index in [9.17, 15) is 0 Å². The number of hydrogen-bond acceptors (Lipinski definition) is 1. The van der Waals surface area contributed by atoms with Gasteiger partial charge in [-0.25, -0.2) is 0 Å². The predicted octanol–water partition coefficient (Wildman–Crippen LogP) is 2.86. The molecular weight excluding hydrogens is 146 g/mol. The van der Waals surface area contributed by atoms with Crippen molar-refractivity contribution in [1.82, 2.24) is 4.90 Å². The lowest BCUT2D eigenvalue weighted by atomic mass is 9.97. The van der Waals surface area contributed by atoms with Gasteiger partial charge in [-0.1, -0.05) is 19.8 Å². The molecule has 0 spiro atoms. The fourth-order valence-corrected chi connectivity index (χ4v) is 2.25. The molecule has 0 amide bonds. The van der Waals surface area contributed by atoms with Crippen molar-refractivity contribution in [1.29, 1.82) is 0 Å². The van der Waals surface area contributed by atoms with Gasteiger partial charge in [-0.3, -0.25) is 4.90 Å². The molecule has 1 unspecified atom stereocenters. The summed E-state index contributed by atoms with van der Waals surface area (Å²) < 4.78 is 0. The van der Waals surface area contributed by atoms with E-state index in [1.165, 1.54) is 32.2 Å². The predicted molar refractivity (Wildman–Crippen MR) is 54.1 cm³/mol. The molecule has 0 aliphatic carbocycles. The van der Waals surface area contributed by atoms with Crippen molar-refractivity contribution in [2.24, 2.45) is 0 Å². The first-order valence-electron chi connectivity index (χ1n) is 5.30. The zero-order valence-corrected chi connectivity index (χ0v) is 8.55. The lowest BCUT2D eigenvalue weighted by molar-refractivity contribution is 0.106. The summed E-state index contributed by atoms with van der Waals surface area (Å²) in [5, 5.41) is 0. The maximum Gasteiger partial charge on any atom is 0.00979 e. The molecule has 1 saturated heterocycles. The van der Waals surface area contributed by atoms with Crippen LogP contribution in [0.4, 0.5) is 0 Å². The Kier molecular flexibility index (Phi) is 4.07. The van der Waals surface area contributed by atoms with E-state index in [0.717, 1.165) is 18.5 Å². The van der Waals surface area contributed by atoms with Gasteiger partial charge in [-0.15, -0.1) is 0 Å². The van der Waals surface area contributed by atoms with E-state index in [0.29, 0.717) is 0 Å². The fraction of sp³-hybridized carbons (Fsp3) is 0.909. The summed E-state index contributed by atoms with van der Waals surface area (Å²) in [7, 11) is 0. The van der Waals surface area contributed by atoms with Crippen LogP contribution in [0.2, 0.25) is 0 Å². The van der Waals surface area contributed by atoms with E-state index in [2.05, 4.69) is 25.7 Å². The molecule has 71 valence electrons. The second-order valence-electron chi connectivity index (χ2n) is 4.12. The summed E-state index contributed by atoms with van der Waals surface area (Å²) in [6.45, 7) is 9.87. The zero-order valence-electron chi connectivity index (χ0n) is 8.55. The number of nitrogens with zero attached hydrogens (tertiary/aromatic N) is 1. The maximum atomic E-state index is 3.95. The molecule has 1 aliphatic heterocycles. The molecule has 0 N–H and O–H groups in total. The minimum Gasteiger partial charge on any atom is -0.298 e. The molecule has 1 radical (unpaired) electrons. The molecule has 1 heteroatoms. The largest absolute Gasteiger partial charge is 0.298 e. The minimum absolute atomic E-state index is 0.724. The molecule has 0 aromatic rings. The van der Waals surface area contributed by atoms with E-state index in [4.69, 9.17) is 0 Å². The summed E-state index contributed by atoms with van der Waals surface area (Å²) in [6.07, 6.45) is 6.60. The first kappa shape index (κ1) is 10.0. The van der Waals surface area contributed by atoms with Gasteiger partial charge in [0.25, 0.3) is 0 Å². The van der Waals surface area contributed by atoms with Crippen LogP contribution in [0, 0.1) is 6.92 Å². The molecule has 0 aromatic heterocycles. The zero-order chi connectivity index (χ0) is 8.97. The van der Waals surface area contributed by atoms with Crippen LogP contribution in [0.3, 0.4) is 0 Å². The Hall–Kier alpha value is -0.0400. The molecular formula is C11H22N. The molecule has 1 nitrogen and oxygen atoms in total. The quantitative estimate of drug-likeness (QED) is 0.626. The maximum absolute atomic E-state index is 3.95. The van der Waals surface area contributed by atoms with Gasteiger partial charge in [0.1, 0.15) is 0 Å². The first-order chi connectivity index (χ1) is 5.75. The summed E-state index contributed by atoms with van der Waals surface area (Å²) in [6, 6.07) is 1.55. The van der Waals surface area contributed by atoms with Crippen molar-refractivity contribution in [2.75, 3.05) is 6.54 Å². The van der Waals surface area contributed by atoms with E-state index < -0.39 is 0 Å². The minimum atomic E-state index is 0.724. The highest BCUT2D eigenvalue weighted by Crippen LogP contribution is 2.22. The number of likely N-dealkylation sites (tertiary alicyclic amines) is 1. The van der Waals surface area contributed by atoms with Gasteiger partial charge >= 0.3 is 0 Å². The average molecular weight is 168 g/mol. The number of piperidine rings is 1. The van der Waals surface area contributed by atoms with Crippen molar-refractivity contribution >= 4 is 0 Å². The van der Waals surface area contributed by atoms with Crippen molar-refractivity contribution < 1.29 is 0 Å². The van der Waals surface area contributed by atoms with Crippen LogP contribution >= 0.6 is 0 Å². The van der Waals surface area contributed by atoms with Crippen LogP contribution in [0.15, 0.2) is 0 Å². The Morgan fingerprint density at radius 2 is 2.17 bits per heavy atom. The third-order valence-electron chi connectivity index (χ3n) is 2.87. The Morgan fingerprint density at radius 3 is 2.75 bits per heavy atom. The van der Waals surface area contributed by atoms with E-state index in [1.54, 1.807) is 0 Å². The molecule has 12 heavy (non-hydrogen) atoms. The van der Waals surface area contributed by atoms with Crippen LogP contribution in [0.1, 0.15) is 46.0 Å². The summed E-state index contributed by atoms with van der Waals surface area (Å²) in [5.41, 5.74) is 0. The lowest BCUT2D eigenvalue weighted by Crippen LogP contribution is -2.43. The summed E-state index contributed by atoms with van der Waals surface area (Å²) >= 11 is 0. The normalized spacial score (nSPS) is 26.5. The van der Waals surface area contributed by atoms with E-state index in [1.807, 2.05) is 0 Å². The van der Waals surface area contributed by atoms with Crippen LogP contribution in [0.5, 0.6) is 0 Å². The number of rotatable bonds is 3. The molecule has 1 aliphatic rings. The topological polar surface area (TPSA) is 3.24 Å². The monoisotopic (exact) mass is 168 g/mol. The molecule has 1 rings (SSSR count). The Labute approximate surface area is 77.1 Å². The Morgan fingerprint density at radius 1 is 1.42 bits per heavy atom. The molecule has 1 fully saturated rings. The van der Waals surface area contributed by atoms with Gasteiger partial charge in [0, 0.05) is 12.1 Å². The average Bonchev–Trinajstić information content (AvgIpc) is 2.05. The third kappa shape index (κ3) is 2.48. The molecule has 1 atom stereocenters. The van der Waals surface area contributed by atoms with E-state index in [-0.39, 0.29) is 0 Å². The molecule has 0 bridgehead atoms. The first-order valence-corrected chi connectivity index (χ1v) is 5.30. The van der Waals surface area contributed by atoms with Crippen molar-refractivity contribution in [3.8, 4) is 0 Å². The lowest BCUT2D eigenvalue weighted by Gasteiger charge is -2.38.